The van der Waals surface area contributed by atoms with Crippen LogP contribution in [0.25, 0.3) is 0 Å². The zero-order chi connectivity index (χ0) is 13.8. The number of halogens is 1. The van der Waals surface area contributed by atoms with Crippen molar-refractivity contribution in [3.63, 3.8) is 0 Å². The van der Waals surface area contributed by atoms with Crippen LogP contribution in [0, 0.1) is 5.82 Å². The molecule has 19 heavy (non-hydrogen) atoms. The second-order valence-corrected chi connectivity index (χ2v) is 5.83. The molecule has 104 valence electrons. The third-order valence-corrected chi connectivity index (χ3v) is 4.52. The van der Waals surface area contributed by atoms with E-state index in [1.807, 2.05) is 11.8 Å². The summed E-state index contributed by atoms with van der Waals surface area (Å²) in [4.78, 5) is 2.33. The summed E-state index contributed by atoms with van der Waals surface area (Å²) in [5, 5.41) is 11.8. The van der Waals surface area contributed by atoms with Crippen molar-refractivity contribution < 1.29 is 9.60 Å². The van der Waals surface area contributed by atoms with Gasteiger partial charge in [0.1, 0.15) is 5.82 Å². The molecule has 2 rings (SSSR count). The molecule has 6 heteroatoms. The second kappa shape index (κ2) is 6.25. The maximum Gasteiger partial charge on any atom is 0.170 e. The number of amidine groups is 1. The number of hydrogen-bond acceptors (Lipinski definition) is 4. The fraction of sp³-hybridized carbons (Fsp3) is 0.462. The van der Waals surface area contributed by atoms with Gasteiger partial charge in [-0.3, -0.25) is 4.90 Å². The molecule has 0 radical (unpaired) electrons. The fourth-order valence-corrected chi connectivity index (χ4v) is 3.28. The minimum Gasteiger partial charge on any atom is -0.409 e. The molecule has 1 aromatic rings. The molecule has 0 amide bonds. The summed E-state index contributed by atoms with van der Waals surface area (Å²) in [7, 11) is 0. The smallest absolute Gasteiger partial charge is 0.170 e. The molecule has 0 saturated carbocycles. The molecular weight excluding hydrogens is 265 g/mol. The Balaban J connectivity index is 2.24. The van der Waals surface area contributed by atoms with Crippen molar-refractivity contribution in [1.82, 2.24) is 4.90 Å². The molecule has 0 aromatic heterocycles. The van der Waals surface area contributed by atoms with E-state index < -0.39 is 0 Å². The monoisotopic (exact) mass is 283 g/mol. The summed E-state index contributed by atoms with van der Waals surface area (Å²) in [6.07, 6.45) is 0. The van der Waals surface area contributed by atoms with E-state index in [1.165, 1.54) is 12.1 Å². The average Bonchev–Trinajstić information content (AvgIpc) is 2.42. The zero-order valence-corrected chi connectivity index (χ0v) is 11.7. The average molecular weight is 283 g/mol. The van der Waals surface area contributed by atoms with Gasteiger partial charge in [0.25, 0.3) is 0 Å². The summed E-state index contributed by atoms with van der Waals surface area (Å²) in [5.41, 5.74) is 6.96. The van der Waals surface area contributed by atoms with E-state index in [1.54, 1.807) is 6.07 Å². The standard InChI is InChI=1S/C13H18FN3OS/c1-9-8-19-5-4-17(9)7-10-2-3-11(14)6-12(10)13(15)16-18/h2-3,6,9,18H,4-5,7-8H2,1H3,(H2,15,16). The Hall–Kier alpha value is -1.27. The fourth-order valence-electron chi connectivity index (χ4n) is 2.19. The van der Waals surface area contributed by atoms with Crippen LogP contribution in [-0.2, 0) is 6.54 Å². The lowest BCUT2D eigenvalue weighted by atomic mass is 10.1. The van der Waals surface area contributed by atoms with Gasteiger partial charge in [-0.05, 0) is 24.6 Å². The number of benzene rings is 1. The van der Waals surface area contributed by atoms with Gasteiger partial charge in [0.2, 0.25) is 0 Å². The van der Waals surface area contributed by atoms with Gasteiger partial charge < -0.3 is 10.9 Å². The summed E-state index contributed by atoms with van der Waals surface area (Å²) in [6, 6.07) is 4.90. The van der Waals surface area contributed by atoms with Crippen LogP contribution in [0.15, 0.2) is 23.4 Å². The van der Waals surface area contributed by atoms with Crippen LogP contribution in [0.1, 0.15) is 18.1 Å². The van der Waals surface area contributed by atoms with Crippen molar-refractivity contribution in [2.75, 3.05) is 18.1 Å². The number of nitrogens with two attached hydrogens (primary N) is 1. The first-order valence-corrected chi connectivity index (χ1v) is 7.35. The third kappa shape index (κ3) is 3.39. The molecule has 3 N–H and O–H groups in total. The van der Waals surface area contributed by atoms with Gasteiger partial charge in [0.05, 0.1) is 0 Å². The van der Waals surface area contributed by atoms with Crippen molar-refractivity contribution in [1.29, 1.82) is 0 Å². The molecule has 1 unspecified atom stereocenters. The predicted molar refractivity (Wildman–Crippen MR) is 76.1 cm³/mol. The SMILES string of the molecule is CC1CSCCN1Cc1ccc(F)cc1C(N)=NO. The van der Waals surface area contributed by atoms with E-state index in [-0.39, 0.29) is 11.7 Å². The lowest BCUT2D eigenvalue weighted by Gasteiger charge is -2.33. The van der Waals surface area contributed by atoms with Crippen molar-refractivity contribution in [2.24, 2.45) is 10.9 Å². The van der Waals surface area contributed by atoms with Gasteiger partial charge in [0.15, 0.2) is 5.84 Å². The van der Waals surface area contributed by atoms with Gasteiger partial charge in [-0.15, -0.1) is 0 Å². The third-order valence-electron chi connectivity index (χ3n) is 3.33. The van der Waals surface area contributed by atoms with Crippen LogP contribution in [0.3, 0.4) is 0 Å². The molecule has 1 aliphatic rings. The summed E-state index contributed by atoms with van der Waals surface area (Å²) in [6.45, 7) is 3.87. The molecule has 4 nitrogen and oxygen atoms in total. The van der Waals surface area contributed by atoms with Crippen LogP contribution in [0.5, 0.6) is 0 Å². The van der Waals surface area contributed by atoms with Crippen LogP contribution in [0.4, 0.5) is 4.39 Å². The largest absolute Gasteiger partial charge is 0.409 e. The van der Waals surface area contributed by atoms with E-state index in [9.17, 15) is 4.39 Å². The topological polar surface area (TPSA) is 61.8 Å². The molecule has 1 heterocycles. The summed E-state index contributed by atoms with van der Waals surface area (Å²) < 4.78 is 13.3. The number of rotatable bonds is 3. The number of nitrogens with zero attached hydrogens (tertiary/aromatic N) is 2. The molecule has 0 spiro atoms. The minimum absolute atomic E-state index is 0.0477. The highest BCUT2D eigenvalue weighted by Crippen LogP contribution is 2.20. The quantitative estimate of drug-likeness (QED) is 0.385. The van der Waals surface area contributed by atoms with Crippen LogP contribution >= 0.6 is 11.8 Å². The van der Waals surface area contributed by atoms with Gasteiger partial charge in [-0.1, -0.05) is 11.2 Å². The molecule has 1 aromatic carbocycles. The van der Waals surface area contributed by atoms with E-state index >= 15 is 0 Å². The zero-order valence-electron chi connectivity index (χ0n) is 10.8. The Morgan fingerprint density at radius 1 is 1.63 bits per heavy atom. The van der Waals surface area contributed by atoms with E-state index in [0.29, 0.717) is 18.2 Å². The van der Waals surface area contributed by atoms with E-state index in [4.69, 9.17) is 10.9 Å². The minimum atomic E-state index is -0.382. The van der Waals surface area contributed by atoms with Crippen LogP contribution < -0.4 is 5.73 Å². The highest BCUT2D eigenvalue weighted by Gasteiger charge is 2.20. The molecular formula is C13H18FN3OS. The van der Waals surface area contributed by atoms with Crippen LogP contribution in [0.2, 0.25) is 0 Å². The van der Waals surface area contributed by atoms with Gasteiger partial charge >= 0.3 is 0 Å². The summed E-state index contributed by atoms with van der Waals surface area (Å²) >= 11 is 1.94. The van der Waals surface area contributed by atoms with Crippen LogP contribution in [-0.4, -0.2) is 40.0 Å². The normalized spacial score (nSPS) is 21.6. The lowest BCUT2D eigenvalue weighted by molar-refractivity contribution is 0.223. The van der Waals surface area contributed by atoms with Crippen molar-refractivity contribution in [2.45, 2.75) is 19.5 Å². The summed E-state index contributed by atoms with van der Waals surface area (Å²) in [5.74, 6) is 1.77. The number of hydrogen-bond donors (Lipinski definition) is 2. The van der Waals surface area contributed by atoms with Crippen molar-refractivity contribution in [3.8, 4) is 0 Å². The maximum atomic E-state index is 13.3. The Labute approximate surface area is 116 Å². The Morgan fingerprint density at radius 2 is 2.42 bits per heavy atom. The van der Waals surface area contributed by atoms with Gasteiger partial charge in [-0.25, -0.2) is 4.39 Å². The Bertz CT molecular complexity index is 481. The van der Waals surface area contributed by atoms with Gasteiger partial charge in [-0.2, -0.15) is 11.8 Å². The first-order valence-electron chi connectivity index (χ1n) is 6.20. The molecule has 0 aliphatic carbocycles. The first kappa shape index (κ1) is 14.1. The van der Waals surface area contributed by atoms with Gasteiger partial charge in [0, 0.05) is 36.2 Å². The van der Waals surface area contributed by atoms with E-state index in [2.05, 4.69) is 17.0 Å². The highest BCUT2D eigenvalue weighted by atomic mass is 32.2. The maximum absolute atomic E-state index is 13.3. The lowest BCUT2D eigenvalue weighted by Crippen LogP contribution is -2.40. The molecule has 1 aliphatic heterocycles. The molecule has 1 saturated heterocycles. The number of thioether (sulfide) groups is 1. The Morgan fingerprint density at radius 3 is 3.11 bits per heavy atom. The predicted octanol–water partition coefficient (Wildman–Crippen LogP) is 1.86. The van der Waals surface area contributed by atoms with E-state index in [0.717, 1.165) is 23.6 Å². The van der Waals surface area contributed by atoms with Crippen molar-refractivity contribution in [3.05, 3.63) is 35.1 Å². The first-order chi connectivity index (χ1) is 9.11. The highest BCUT2D eigenvalue weighted by molar-refractivity contribution is 7.99. The Kier molecular flexibility index (Phi) is 4.66. The second-order valence-electron chi connectivity index (χ2n) is 4.68. The van der Waals surface area contributed by atoms with Crippen molar-refractivity contribution >= 4 is 17.6 Å². The molecule has 1 atom stereocenters. The molecule has 1 fully saturated rings. The molecule has 0 bridgehead atoms. The number of oxime groups is 1.